The number of rotatable bonds is 4. The molecule has 2 aliphatic rings. The summed E-state index contributed by atoms with van der Waals surface area (Å²) in [7, 11) is -1.60. The lowest BCUT2D eigenvalue weighted by atomic mass is 10.0. The van der Waals surface area contributed by atoms with Crippen molar-refractivity contribution in [1.29, 1.82) is 0 Å². The Balaban J connectivity index is 1.21. The molecule has 0 N–H and O–H groups in total. The molecule has 0 saturated carbocycles. The molecule has 0 radical (unpaired) electrons. The molecule has 1 aromatic heterocycles. The number of hydrogen-bond donors (Lipinski definition) is 0. The Bertz CT molecular complexity index is 1630. The van der Waals surface area contributed by atoms with Gasteiger partial charge in [-0.25, -0.2) is 8.42 Å². The van der Waals surface area contributed by atoms with E-state index in [-0.39, 0.29) is 10.8 Å². The lowest BCUT2D eigenvalue weighted by molar-refractivity contribution is 0.0733. The van der Waals surface area contributed by atoms with Crippen LogP contribution in [0, 0.1) is 0 Å². The van der Waals surface area contributed by atoms with Crippen LogP contribution >= 0.6 is 0 Å². The molecular formula is C30H30N4O4S. The minimum Gasteiger partial charge on any atom is -0.491 e. The third-order valence-electron chi connectivity index (χ3n) is 7.45. The van der Waals surface area contributed by atoms with Gasteiger partial charge in [0.05, 0.1) is 17.0 Å². The number of benzene rings is 3. The normalized spacial score (nSPS) is 16.9. The second-order valence-corrected chi connectivity index (χ2v) is 12.0. The van der Waals surface area contributed by atoms with Crippen molar-refractivity contribution in [3.63, 3.8) is 0 Å². The largest absolute Gasteiger partial charge is 0.491 e. The predicted octanol–water partition coefficient (Wildman–Crippen LogP) is 3.87. The number of para-hydroxylation sites is 1. The van der Waals surface area contributed by atoms with E-state index in [1.54, 1.807) is 17.0 Å². The molecule has 9 heteroatoms. The van der Waals surface area contributed by atoms with Gasteiger partial charge in [0.1, 0.15) is 12.4 Å². The van der Waals surface area contributed by atoms with Crippen molar-refractivity contribution in [3.05, 3.63) is 90.1 Å². The van der Waals surface area contributed by atoms with E-state index in [0.29, 0.717) is 51.4 Å². The van der Waals surface area contributed by atoms with E-state index < -0.39 is 10.0 Å². The number of hydrogen-bond acceptors (Lipinski definition) is 6. The van der Waals surface area contributed by atoms with Gasteiger partial charge in [-0.1, -0.05) is 24.3 Å². The quantitative estimate of drug-likeness (QED) is 0.389. The van der Waals surface area contributed by atoms with E-state index in [2.05, 4.69) is 22.0 Å². The van der Waals surface area contributed by atoms with E-state index in [1.165, 1.54) is 16.4 Å². The summed E-state index contributed by atoms with van der Waals surface area (Å²) < 4.78 is 33.6. The molecule has 3 heterocycles. The van der Waals surface area contributed by atoms with Gasteiger partial charge in [0.25, 0.3) is 5.91 Å². The third kappa shape index (κ3) is 5.13. The average Bonchev–Trinajstić information content (AvgIpc) is 3.19. The number of piperazine rings is 1. The van der Waals surface area contributed by atoms with Crippen molar-refractivity contribution in [2.45, 2.75) is 11.4 Å². The second-order valence-electron chi connectivity index (χ2n) is 10.0. The zero-order valence-electron chi connectivity index (χ0n) is 21.8. The first-order valence-corrected chi connectivity index (χ1v) is 14.5. The number of ether oxygens (including phenoxy) is 1. The summed E-state index contributed by atoms with van der Waals surface area (Å²) in [6.45, 7) is 3.53. The van der Waals surface area contributed by atoms with Crippen LogP contribution in [-0.4, -0.2) is 79.8 Å². The number of carbonyl (C=O) groups excluding carboxylic acids is 1. The fraction of sp³-hybridized carbons (Fsp3) is 0.267. The van der Waals surface area contributed by atoms with Gasteiger partial charge in [0, 0.05) is 61.0 Å². The SMILES string of the molecule is CN1CCN(S(=O)(=O)c2ccc(C(=O)N3CCOc4ccc(-c5cnc6ccccc6c5)cc4C3)cc2)CC1. The fourth-order valence-electron chi connectivity index (χ4n) is 5.11. The van der Waals surface area contributed by atoms with Crippen LogP contribution in [0.25, 0.3) is 22.0 Å². The van der Waals surface area contributed by atoms with Crippen molar-refractivity contribution < 1.29 is 17.9 Å². The summed E-state index contributed by atoms with van der Waals surface area (Å²) in [6.07, 6.45) is 1.86. The van der Waals surface area contributed by atoms with Crippen molar-refractivity contribution in [1.82, 2.24) is 19.1 Å². The standard InChI is InChI=1S/C30H30N4O4S/c1-32-12-14-34(15-13-32)39(36,37)27-9-6-22(7-10-27)30(35)33-16-17-38-29-11-8-23(18-26(29)21-33)25-19-24-4-2-3-5-28(24)31-20-25/h2-11,18-20H,12-17,21H2,1H3. The molecule has 4 aromatic rings. The van der Waals surface area contributed by atoms with Crippen molar-refractivity contribution in [2.24, 2.45) is 0 Å². The molecule has 0 atom stereocenters. The van der Waals surface area contributed by atoms with Gasteiger partial charge in [-0.3, -0.25) is 9.78 Å². The third-order valence-corrected chi connectivity index (χ3v) is 9.37. The second kappa shape index (κ2) is 10.4. The lowest BCUT2D eigenvalue weighted by Gasteiger charge is -2.31. The Kier molecular flexibility index (Phi) is 6.80. The summed E-state index contributed by atoms with van der Waals surface area (Å²) in [5.74, 6) is 0.601. The molecule has 6 rings (SSSR count). The van der Waals surface area contributed by atoms with Crippen LogP contribution in [0.1, 0.15) is 15.9 Å². The number of amides is 1. The Hall–Kier alpha value is -3.79. The maximum Gasteiger partial charge on any atom is 0.254 e. The Morgan fingerprint density at radius 2 is 1.64 bits per heavy atom. The number of aromatic nitrogens is 1. The van der Waals surface area contributed by atoms with Gasteiger partial charge in [0.15, 0.2) is 0 Å². The molecule has 200 valence electrons. The van der Waals surface area contributed by atoms with Crippen LogP contribution in [0.2, 0.25) is 0 Å². The highest BCUT2D eigenvalue weighted by atomic mass is 32.2. The highest BCUT2D eigenvalue weighted by Gasteiger charge is 2.28. The number of nitrogens with zero attached hydrogens (tertiary/aromatic N) is 4. The Morgan fingerprint density at radius 3 is 2.44 bits per heavy atom. The van der Waals surface area contributed by atoms with Gasteiger partial charge < -0.3 is 14.5 Å². The molecule has 0 bridgehead atoms. The highest BCUT2D eigenvalue weighted by molar-refractivity contribution is 7.89. The van der Waals surface area contributed by atoms with E-state index in [9.17, 15) is 13.2 Å². The van der Waals surface area contributed by atoms with Crippen LogP contribution in [0.5, 0.6) is 5.75 Å². The predicted molar refractivity (Wildman–Crippen MR) is 150 cm³/mol. The van der Waals surface area contributed by atoms with Crippen LogP contribution in [-0.2, 0) is 16.6 Å². The fourth-order valence-corrected chi connectivity index (χ4v) is 6.53. The Labute approximate surface area is 228 Å². The molecule has 0 aliphatic carbocycles. The van der Waals surface area contributed by atoms with Crippen LogP contribution in [0.3, 0.4) is 0 Å². The maximum atomic E-state index is 13.5. The van der Waals surface area contributed by atoms with Gasteiger partial charge in [0.2, 0.25) is 10.0 Å². The van der Waals surface area contributed by atoms with Crippen molar-refractivity contribution >= 4 is 26.8 Å². The molecule has 39 heavy (non-hydrogen) atoms. The number of sulfonamides is 1. The first-order chi connectivity index (χ1) is 18.9. The monoisotopic (exact) mass is 542 g/mol. The van der Waals surface area contributed by atoms with E-state index in [4.69, 9.17) is 4.74 Å². The zero-order valence-corrected chi connectivity index (χ0v) is 22.6. The highest BCUT2D eigenvalue weighted by Crippen LogP contribution is 2.31. The molecule has 1 amide bonds. The van der Waals surface area contributed by atoms with Crippen LogP contribution < -0.4 is 4.74 Å². The van der Waals surface area contributed by atoms with Crippen molar-refractivity contribution in [2.75, 3.05) is 46.4 Å². The van der Waals surface area contributed by atoms with E-state index in [1.807, 2.05) is 49.6 Å². The number of pyridine rings is 1. The topological polar surface area (TPSA) is 83.1 Å². The first kappa shape index (κ1) is 25.5. The van der Waals surface area contributed by atoms with Crippen LogP contribution in [0.4, 0.5) is 0 Å². The summed E-state index contributed by atoms with van der Waals surface area (Å²) in [6, 6.07) is 22.4. The molecule has 3 aromatic carbocycles. The van der Waals surface area contributed by atoms with Gasteiger partial charge in [-0.05, 0) is 61.1 Å². The van der Waals surface area contributed by atoms with E-state index in [0.717, 1.165) is 33.3 Å². The molecule has 0 unspecified atom stereocenters. The summed E-state index contributed by atoms with van der Waals surface area (Å²) in [4.78, 5) is 22.1. The molecular weight excluding hydrogens is 512 g/mol. The lowest BCUT2D eigenvalue weighted by Crippen LogP contribution is -2.47. The minimum absolute atomic E-state index is 0.159. The zero-order chi connectivity index (χ0) is 27.0. The molecule has 0 spiro atoms. The van der Waals surface area contributed by atoms with Gasteiger partial charge in [-0.2, -0.15) is 4.31 Å². The Morgan fingerprint density at radius 1 is 0.872 bits per heavy atom. The number of likely N-dealkylation sites (N-methyl/N-ethyl adjacent to an activating group) is 1. The summed E-state index contributed by atoms with van der Waals surface area (Å²) in [5.41, 5.74) is 4.31. The molecule has 2 aliphatic heterocycles. The average molecular weight is 543 g/mol. The molecule has 1 saturated heterocycles. The molecule has 1 fully saturated rings. The summed E-state index contributed by atoms with van der Waals surface area (Å²) in [5, 5.41) is 1.07. The molecule has 8 nitrogen and oxygen atoms in total. The number of fused-ring (bicyclic) bond motifs is 2. The van der Waals surface area contributed by atoms with Crippen molar-refractivity contribution in [3.8, 4) is 16.9 Å². The summed E-state index contributed by atoms with van der Waals surface area (Å²) >= 11 is 0. The first-order valence-electron chi connectivity index (χ1n) is 13.1. The van der Waals surface area contributed by atoms with Crippen LogP contribution in [0.15, 0.2) is 83.9 Å². The smallest absolute Gasteiger partial charge is 0.254 e. The van der Waals surface area contributed by atoms with Gasteiger partial charge >= 0.3 is 0 Å². The van der Waals surface area contributed by atoms with E-state index >= 15 is 0 Å². The maximum absolute atomic E-state index is 13.5. The number of carbonyl (C=O) groups is 1. The minimum atomic E-state index is -3.59. The van der Waals surface area contributed by atoms with Gasteiger partial charge in [-0.15, -0.1) is 0 Å².